The molecule has 1 saturated carbocycles. The first-order valence-electron chi connectivity index (χ1n) is 24.5. The van der Waals surface area contributed by atoms with E-state index in [4.69, 9.17) is 9.47 Å². The number of carbonyl (C=O) groups excluding carboxylic acids is 2. The molecule has 5 bridgehead atoms. The summed E-state index contributed by atoms with van der Waals surface area (Å²) in [6, 6.07) is 14.8. The summed E-state index contributed by atoms with van der Waals surface area (Å²) in [6.07, 6.45) is 3.91. The summed E-state index contributed by atoms with van der Waals surface area (Å²) in [5, 5.41) is 76.2. The van der Waals surface area contributed by atoms with Crippen LogP contribution >= 0.6 is 43.2 Å². The molecule has 2 aliphatic carbocycles. The van der Waals surface area contributed by atoms with Crippen LogP contribution in [0.4, 0.5) is 5.69 Å². The first-order valence-corrected chi connectivity index (χ1v) is 29.3. The zero-order chi connectivity index (χ0) is 48.4. The number of carbonyl (C=O) groups is 2. The molecule has 4 aliphatic heterocycles. The molecule has 69 heavy (non-hydrogen) atoms. The fourth-order valence-corrected chi connectivity index (χ4v) is 18.9. The van der Waals surface area contributed by atoms with Crippen LogP contribution in [0.5, 0.6) is 17.2 Å². The molecule has 0 amide bonds. The molecule has 2 saturated heterocycles. The molecular weight excluding hydrogens is 953 g/mol. The highest BCUT2D eigenvalue weighted by Gasteiger charge is 2.48. The van der Waals surface area contributed by atoms with E-state index in [-0.39, 0.29) is 92.0 Å². The minimum atomic E-state index is -0.728. The van der Waals surface area contributed by atoms with Gasteiger partial charge in [-0.3, -0.25) is 14.9 Å². The quantitative estimate of drug-likeness (QED) is 0.0739. The van der Waals surface area contributed by atoms with E-state index in [1.165, 1.54) is 7.11 Å². The first-order chi connectivity index (χ1) is 33.4. The van der Waals surface area contributed by atoms with Crippen molar-refractivity contribution in [1.29, 1.82) is 0 Å². The van der Waals surface area contributed by atoms with Gasteiger partial charge in [0.1, 0.15) is 23.5 Å². The summed E-state index contributed by atoms with van der Waals surface area (Å²) >= 11 is 0. The maximum atomic E-state index is 14.8. The first kappa shape index (κ1) is 50.8. The van der Waals surface area contributed by atoms with Crippen LogP contribution in [-0.2, 0) is 39.5 Å². The number of nitrogens with one attached hydrogen (secondary N) is 2. The molecule has 9 atom stereocenters. The van der Waals surface area contributed by atoms with Crippen LogP contribution in [0.1, 0.15) is 110 Å². The van der Waals surface area contributed by atoms with Gasteiger partial charge in [0.25, 0.3) is 0 Å². The van der Waals surface area contributed by atoms with E-state index >= 15 is 0 Å². The molecule has 8 N–H and O–H groups in total. The molecule has 6 aliphatic rings. The van der Waals surface area contributed by atoms with Crippen LogP contribution in [0.25, 0.3) is 21.9 Å². The number of ether oxygens (including phenoxy) is 2. The maximum Gasteiger partial charge on any atom is 0.168 e. The van der Waals surface area contributed by atoms with Gasteiger partial charge in [-0.2, -0.15) is 0 Å². The summed E-state index contributed by atoms with van der Waals surface area (Å²) in [5.74, 6) is 2.25. The molecule has 0 spiro atoms. The van der Waals surface area contributed by atoms with E-state index in [2.05, 4.69) is 10.6 Å². The highest BCUT2D eigenvalue weighted by Crippen LogP contribution is 2.56. The van der Waals surface area contributed by atoms with Gasteiger partial charge in [0.05, 0.1) is 37.2 Å². The predicted octanol–water partition coefficient (Wildman–Crippen LogP) is 8.97. The molecule has 12 nitrogen and oxygen atoms in total. The Morgan fingerprint density at radius 2 is 1.81 bits per heavy atom. The van der Waals surface area contributed by atoms with Crippen LogP contribution in [0, 0.1) is 17.8 Å². The van der Waals surface area contributed by atoms with Crippen molar-refractivity contribution in [3.8, 4) is 28.4 Å². The Morgan fingerprint density at radius 3 is 2.58 bits per heavy atom. The molecule has 372 valence electrons. The topological polar surface area (TPSA) is 198 Å². The van der Waals surface area contributed by atoms with Gasteiger partial charge >= 0.3 is 0 Å². The van der Waals surface area contributed by atoms with Crippen molar-refractivity contribution in [2.24, 2.45) is 17.8 Å². The second-order valence-corrected chi connectivity index (χ2v) is 25.0. The fraction of sp³-hybridized carbons (Fsp3) is 0.547. The number of phenolic OH excluding ortho intramolecular Hbond substituents is 2. The highest BCUT2D eigenvalue weighted by molar-refractivity contribution is 8.78. The van der Waals surface area contributed by atoms with Gasteiger partial charge in [-0.25, -0.2) is 0 Å². The van der Waals surface area contributed by atoms with Crippen LogP contribution in [0.15, 0.2) is 48.5 Å². The standard InChI is InChI=1S/C53H66N2O10S4/c1-29(59)23-54-50-34(25-58)18-42-49-39(50)13-8-33(24-57)41(49)19-35-26-66-68-28-53-16-15-32(20-47(53)63)46(65-52(42)55-44(35)4-3-17-56)22-37(61)11-6-31-9-14-45(62)51(64-2)48(31)38-12-7-30-5-10-36(60)21-40(30)43(38)27-67-69-53/h5,7,9-10,12,14,18,21,32-33,35,41,44,46-47,52,54-58,60,62-63H,3-4,6,8,11,13,15-17,19-20,22-28H2,1-2H3. The minimum Gasteiger partial charge on any atom is -0.508 e. The fourth-order valence-electron chi connectivity index (χ4n) is 12.0. The van der Waals surface area contributed by atoms with E-state index < -0.39 is 23.2 Å². The second kappa shape index (κ2) is 22.3. The van der Waals surface area contributed by atoms with Crippen molar-refractivity contribution < 1.29 is 49.7 Å². The Balaban J connectivity index is 1.19. The third kappa shape index (κ3) is 10.5. The Morgan fingerprint density at radius 1 is 0.971 bits per heavy atom. The maximum absolute atomic E-state index is 14.8. The lowest BCUT2D eigenvalue weighted by Gasteiger charge is -2.47. The number of ketones is 2. The van der Waals surface area contributed by atoms with Crippen LogP contribution in [-0.4, -0.2) is 104 Å². The zero-order valence-corrected chi connectivity index (χ0v) is 42.7. The number of hydrogen-bond acceptors (Lipinski definition) is 16. The van der Waals surface area contributed by atoms with Crippen molar-refractivity contribution in [3.05, 3.63) is 81.9 Å². The Hall–Kier alpha value is -3.16. The number of rotatable bonds is 9. The number of Topliss-reactive ketones (excluding diaryl/α,β-unsaturated/α-hetero) is 2. The number of hydrogen-bond donors (Lipinski definition) is 8. The lowest BCUT2D eigenvalue weighted by atomic mass is 9.67. The molecule has 4 aromatic carbocycles. The zero-order valence-electron chi connectivity index (χ0n) is 39.4. The number of phenols is 2. The molecule has 4 heterocycles. The monoisotopic (exact) mass is 1020 g/mol. The third-order valence-electron chi connectivity index (χ3n) is 15.6. The van der Waals surface area contributed by atoms with Crippen molar-refractivity contribution in [3.63, 3.8) is 0 Å². The lowest BCUT2D eigenvalue weighted by Crippen LogP contribution is -2.50. The lowest BCUT2D eigenvalue weighted by molar-refractivity contribution is -0.130. The molecule has 0 aromatic heterocycles. The van der Waals surface area contributed by atoms with E-state index in [0.29, 0.717) is 66.9 Å². The van der Waals surface area contributed by atoms with E-state index in [1.807, 2.05) is 41.1 Å². The number of aliphatic hydroxyl groups is 4. The van der Waals surface area contributed by atoms with Gasteiger partial charge in [-0.15, -0.1) is 0 Å². The molecule has 0 radical (unpaired) electrons. The number of aromatic hydroxyl groups is 2. The molecular formula is C53H66N2O10S4. The molecule has 9 unspecified atom stereocenters. The van der Waals surface area contributed by atoms with Gasteiger partial charge in [0.2, 0.25) is 0 Å². The predicted molar refractivity (Wildman–Crippen MR) is 279 cm³/mol. The summed E-state index contributed by atoms with van der Waals surface area (Å²) in [5.41, 5.74) is 7.74. The number of benzene rings is 4. The third-order valence-corrected chi connectivity index (χ3v) is 21.6. The van der Waals surface area contributed by atoms with Gasteiger partial charge in [-0.05, 0) is 157 Å². The summed E-state index contributed by atoms with van der Waals surface area (Å²) in [6.45, 7) is 1.43. The highest BCUT2D eigenvalue weighted by atomic mass is 33.1. The van der Waals surface area contributed by atoms with Crippen molar-refractivity contribution in [2.75, 3.05) is 43.7 Å². The van der Waals surface area contributed by atoms with Gasteiger partial charge in [-0.1, -0.05) is 67.4 Å². The van der Waals surface area contributed by atoms with Gasteiger partial charge < -0.3 is 45.4 Å². The van der Waals surface area contributed by atoms with Crippen LogP contribution in [0.3, 0.4) is 0 Å². The number of aliphatic hydroxyl groups excluding tert-OH is 4. The van der Waals surface area contributed by atoms with E-state index in [0.717, 1.165) is 74.9 Å². The Labute approximate surface area is 420 Å². The van der Waals surface area contributed by atoms with E-state index in [1.54, 1.807) is 57.5 Å². The van der Waals surface area contributed by atoms with Crippen LogP contribution < -0.4 is 15.4 Å². The Kier molecular flexibility index (Phi) is 16.4. The van der Waals surface area contributed by atoms with Crippen molar-refractivity contribution >= 4 is 71.2 Å². The minimum absolute atomic E-state index is 0.00120. The molecule has 16 heteroatoms. The smallest absolute Gasteiger partial charge is 0.168 e. The number of anilines is 1. The second-order valence-electron chi connectivity index (χ2n) is 19.8. The normalized spacial score (nSPS) is 28.6. The van der Waals surface area contributed by atoms with Crippen molar-refractivity contribution in [2.45, 2.75) is 125 Å². The average molecular weight is 1020 g/mol. The summed E-state index contributed by atoms with van der Waals surface area (Å²) < 4.78 is 12.9. The summed E-state index contributed by atoms with van der Waals surface area (Å²) in [4.78, 5) is 27.1. The molecule has 4 aromatic rings. The molecule has 3 fully saturated rings. The number of fused-ring (bicyclic) bond motifs is 9. The number of aryl methyl sites for hydroxylation is 1. The SMILES string of the molecule is COc1c(O)ccc2c1-c1ccc3ccc(O)cc3c1CSSC13CCC(CC1O)C(CC(=O)CC2)OC1NC(CCCO)C(CSSC3)CC2c3c1cc(CO)c(NCC(C)=O)c3CCC2CO. The largest absolute Gasteiger partial charge is 0.508 e. The average Bonchev–Trinajstić information content (AvgIpc) is 3.33. The van der Waals surface area contributed by atoms with E-state index in [9.17, 15) is 40.2 Å². The van der Waals surface area contributed by atoms with Crippen molar-refractivity contribution in [1.82, 2.24) is 5.32 Å². The molecule has 10 rings (SSSR count). The van der Waals surface area contributed by atoms with Gasteiger partial charge in [0.15, 0.2) is 11.5 Å². The Bertz CT molecular complexity index is 2530. The summed E-state index contributed by atoms with van der Waals surface area (Å²) in [7, 11) is 8.56. The van der Waals surface area contributed by atoms with Crippen LogP contribution in [0.2, 0.25) is 0 Å². The van der Waals surface area contributed by atoms with Gasteiger partial charge in [0, 0.05) is 66.2 Å². The number of methoxy groups -OCH3 is 1.